The van der Waals surface area contributed by atoms with Gasteiger partial charge in [-0.15, -0.1) is 0 Å². The van der Waals surface area contributed by atoms with Crippen molar-refractivity contribution in [3.05, 3.63) is 28.8 Å². The number of hydrogen-bond donors (Lipinski definition) is 1. The lowest BCUT2D eigenvalue weighted by atomic mass is 9.67. The highest BCUT2D eigenvalue weighted by Gasteiger charge is 2.44. The minimum absolute atomic E-state index is 0.0413. The Morgan fingerprint density at radius 2 is 1.83 bits per heavy atom. The van der Waals surface area contributed by atoms with Crippen molar-refractivity contribution in [3.8, 4) is 5.75 Å². The van der Waals surface area contributed by atoms with Gasteiger partial charge in [0.15, 0.2) is 0 Å². The molecule has 3 unspecified atom stereocenters. The summed E-state index contributed by atoms with van der Waals surface area (Å²) in [7, 11) is 1.76. The molecule has 0 spiro atoms. The largest absolute Gasteiger partial charge is 0.497 e. The highest BCUT2D eigenvalue weighted by Crippen LogP contribution is 2.52. The van der Waals surface area contributed by atoms with Gasteiger partial charge in [-0.2, -0.15) is 0 Å². The number of aliphatic hydroxyl groups is 1. The lowest BCUT2D eigenvalue weighted by Gasteiger charge is -2.38. The molecule has 0 amide bonds. The monoisotopic (exact) mass is 330 g/mol. The van der Waals surface area contributed by atoms with E-state index in [1.807, 2.05) is 0 Å². The van der Waals surface area contributed by atoms with Crippen LogP contribution in [-0.2, 0) is 11.8 Å². The standard InChI is InChI=1S/C22H34O2/c1-15-12-18(24-5)14-16-13-17-8-6-9-19(23)21(2,3)10-7-11-22(17,4)20(15)16/h12,14,17,19,23H,6-11,13H2,1-5H3. The van der Waals surface area contributed by atoms with E-state index in [0.717, 1.165) is 25.0 Å². The minimum atomic E-state index is -0.160. The fourth-order valence-electron chi connectivity index (χ4n) is 5.39. The van der Waals surface area contributed by atoms with Crippen LogP contribution in [0.25, 0.3) is 0 Å². The van der Waals surface area contributed by atoms with Crippen molar-refractivity contribution in [2.75, 3.05) is 7.11 Å². The predicted octanol–water partition coefficient (Wildman–Crippen LogP) is 5.17. The van der Waals surface area contributed by atoms with Crippen molar-refractivity contribution in [3.63, 3.8) is 0 Å². The zero-order valence-electron chi connectivity index (χ0n) is 16.1. The maximum Gasteiger partial charge on any atom is 0.119 e. The maximum absolute atomic E-state index is 10.5. The van der Waals surface area contributed by atoms with Gasteiger partial charge < -0.3 is 9.84 Å². The Hall–Kier alpha value is -1.02. The van der Waals surface area contributed by atoms with E-state index in [4.69, 9.17) is 4.74 Å². The van der Waals surface area contributed by atoms with Crippen LogP contribution in [0.3, 0.4) is 0 Å². The van der Waals surface area contributed by atoms with Gasteiger partial charge in [-0.1, -0.05) is 33.6 Å². The van der Waals surface area contributed by atoms with E-state index < -0.39 is 0 Å². The Bertz CT molecular complexity index is 604. The summed E-state index contributed by atoms with van der Waals surface area (Å²) in [5.41, 5.74) is 4.81. The van der Waals surface area contributed by atoms with E-state index >= 15 is 0 Å². The average Bonchev–Trinajstić information content (AvgIpc) is 2.79. The molecule has 0 heterocycles. The molecular weight excluding hydrogens is 296 g/mol. The molecule has 0 bridgehead atoms. The number of aryl methyl sites for hydroxylation is 1. The number of methoxy groups -OCH3 is 1. The zero-order chi connectivity index (χ0) is 17.5. The van der Waals surface area contributed by atoms with Crippen LogP contribution in [0.15, 0.2) is 12.1 Å². The number of hydrogen-bond acceptors (Lipinski definition) is 2. The van der Waals surface area contributed by atoms with Crippen molar-refractivity contribution in [1.29, 1.82) is 0 Å². The summed E-state index contributed by atoms with van der Waals surface area (Å²) in [6.45, 7) is 9.21. The minimum Gasteiger partial charge on any atom is -0.497 e. The zero-order valence-corrected chi connectivity index (χ0v) is 16.1. The number of aliphatic hydroxyl groups excluding tert-OH is 1. The Labute approximate surface area is 147 Å². The second-order valence-corrected chi connectivity index (χ2v) is 9.09. The number of rotatable bonds is 1. The molecule has 0 aromatic heterocycles. The molecule has 24 heavy (non-hydrogen) atoms. The predicted molar refractivity (Wildman–Crippen MR) is 99.8 cm³/mol. The van der Waals surface area contributed by atoms with Gasteiger partial charge in [0, 0.05) is 0 Å². The van der Waals surface area contributed by atoms with Crippen LogP contribution in [0.5, 0.6) is 5.75 Å². The van der Waals surface area contributed by atoms with Gasteiger partial charge in [0.1, 0.15) is 5.75 Å². The summed E-state index contributed by atoms with van der Waals surface area (Å²) in [5, 5.41) is 10.5. The molecule has 2 nitrogen and oxygen atoms in total. The molecule has 3 atom stereocenters. The first-order valence-corrected chi connectivity index (χ1v) is 9.64. The van der Waals surface area contributed by atoms with Crippen LogP contribution in [0.1, 0.15) is 76.0 Å². The van der Waals surface area contributed by atoms with Gasteiger partial charge in [0.2, 0.25) is 0 Å². The van der Waals surface area contributed by atoms with Gasteiger partial charge in [0.05, 0.1) is 13.2 Å². The number of benzene rings is 1. The van der Waals surface area contributed by atoms with Crippen molar-refractivity contribution < 1.29 is 9.84 Å². The molecule has 1 fully saturated rings. The lowest BCUT2D eigenvalue weighted by molar-refractivity contribution is 0.0263. The van der Waals surface area contributed by atoms with Crippen LogP contribution in [0.2, 0.25) is 0 Å². The van der Waals surface area contributed by atoms with Crippen molar-refractivity contribution in [1.82, 2.24) is 0 Å². The summed E-state index contributed by atoms with van der Waals surface area (Å²) in [4.78, 5) is 0. The van der Waals surface area contributed by atoms with E-state index in [1.54, 1.807) is 12.7 Å². The van der Waals surface area contributed by atoms with E-state index in [0.29, 0.717) is 5.92 Å². The van der Waals surface area contributed by atoms with E-state index in [2.05, 4.69) is 39.8 Å². The first-order chi connectivity index (χ1) is 11.3. The molecule has 1 N–H and O–H groups in total. The molecule has 1 aromatic carbocycles. The molecule has 2 heteroatoms. The molecule has 3 rings (SSSR count). The van der Waals surface area contributed by atoms with Crippen LogP contribution in [-0.4, -0.2) is 18.3 Å². The highest BCUT2D eigenvalue weighted by molar-refractivity contribution is 5.50. The SMILES string of the molecule is COc1cc(C)c2c(c1)CC1CCCC(O)C(C)(C)CCCC21C. The summed E-state index contributed by atoms with van der Waals surface area (Å²) in [6.07, 6.45) is 7.85. The first-order valence-electron chi connectivity index (χ1n) is 9.64. The van der Waals surface area contributed by atoms with Crippen molar-refractivity contribution in [2.24, 2.45) is 11.3 Å². The topological polar surface area (TPSA) is 29.5 Å². The molecule has 0 radical (unpaired) electrons. The van der Waals surface area contributed by atoms with Crippen LogP contribution in [0, 0.1) is 18.3 Å². The summed E-state index contributed by atoms with van der Waals surface area (Å²) < 4.78 is 5.50. The van der Waals surface area contributed by atoms with E-state index in [1.165, 1.54) is 36.8 Å². The third-order valence-electron chi connectivity index (χ3n) is 7.01. The highest BCUT2D eigenvalue weighted by atomic mass is 16.5. The van der Waals surface area contributed by atoms with Gasteiger partial charge in [-0.3, -0.25) is 0 Å². The number of fused-ring (bicyclic) bond motifs is 3. The van der Waals surface area contributed by atoms with Gasteiger partial charge >= 0.3 is 0 Å². The van der Waals surface area contributed by atoms with Gasteiger partial charge in [-0.25, -0.2) is 0 Å². The molecule has 134 valence electrons. The van der Waals surface area contributed by atoms with E-state index in [9.17, 15) is 5.11 Å². The Morgan fingerprint density at radius 1 is 1.08 bits per heavy atom. The molecule has 0 aliphatic heterocycles. The third-order valence-corrected chi connectivity index (χ3v) is 7.01. The summed E-state index contributed by atoms with van der Waals surface area (Å²) >= 11 is 0. The van der Waals surface area contributed by atoms with E-state index in [-0.39, 0.29) is 16.9 Å². The summed E-state index contributed by atoms with van der Waals surface area (Å²) in [6, 6.07) is 4.47. The lowest BCUT2D eigenvalue weighted by Crippen LogP contribution is -2.34. The van der Waals surface area contributed by atoms with Crippen LogP contribution < -0.4 is 4.74 Å². The first kappa shape index (κ1) is 17.8. The van der Waals surface area contributed by atoms with Crippen LogP contribution >= 0.6 is 0 Å². The fourth-order valence-corrected chi connectivity index (χ4v) is 5.39. The van der Waals surface area contributed by atoms with Crippen molar-refractivity contribution >= 4 is 0 Å². The third kappa shape index (κ3) is 2.98. The smallest absolute Gasteiger partial charge is 0.119 e. The molecular formula is C22H34O2. The molecule has 1 saturated carbocycles. The molecule has 2 aliphatic rings. The fraction of sp³-hybridized carbons (Fsp3) is 0.727. The average molecular weight is 331 g/mol. The van der Waals surface area contributed by atoms with Crippen LogP contribution in [0.4, 0.5) is 0 Å². The molecule has 0 saturated heterocycles. The second-order valence-electron chi connectivity index (χ2n) is 9.09. The van der Waals surface area contributed by atoms with Crippen molar-refractivity contribution in [2.45, 2.75) is 84.2 Å². The number of ether oxygens (including phenoxy) is 1. The Balaban J connectivity index is 1.94. The quantitative estimate of drug-likeness (QED) is 0.769. The molecule has 2 aliphatic carbocycles. The van der Waals surface area contributed by atoms with Gasteiger partial charge in [-0.05, 0) is 84.6 Å². The normalized spacial score (nSPS) is 32.8. The molecule has 1 aromatic rings. The second kappa shape index (κ2) is 6.37. The maximum atomic E-state index is 10.5. The van der Waals surface area contributed by atoms with Gasteiger partial charge in [0.25, 0.3) is 0 Å². The Morgan fingerprint density at radius 3 is 2.54 bits per heavy atom. The summed E-state index contributed by atoms with van der Waals surface area (Å²) in [5.74, 6) is 1.70. The Kier molecular flexibility index (Phi) is 4.72.